The van der Waals surface area contributed by atoms with Crippen molar-refractivity contribution in [2.75, 3.05) is 7.11 Å². The number of rotatable bonds is 9. The summed E-state index contributed by atoms with van der Waals surface area (Å²) in [7, 11) is -2.95. The monoisotopic (exact) mass is 421 g/mol. The van der Waals surface area contributed by atoms with Crippen molar-refractivity contribution in [2.24, 2.45) is 5.92 Å². The third kappa shape index (κ3) is 5.58. The number of sulfonamides is 1. The van der Waals surface area contributed by atoms with Crippen LogP contribution < -0.4 is 0 Å². The summed E-state index contributed by atoms with van der Waals surface area (Å²) in [6.07, 6.45) is 3.33. The Morgan fingerprint density at radius 2 is 1.90 bits per heavy atom. The topological polar surface area (TPSA) is 120 Å². The Bertz CT molecular complexity index is 946. The standard InChI is InChI=1S/C19H23N3O6S/c1-14(2)11-18(19(23)28-3)21(13-15-5-4-10-20-12-15)29(26,27)17-8-6-16(7-9-17)22(24)25/h4-10,12,14,18H,11,13H2,1-3H3. The highest BCUT2D eigenvalue weighted by molar-refractivity contribution is 7.89. The highest BCUT2D eigenvalue weighted by Gasteiger charge is 2.37. The number of pyridine rings is 1. The number of ether oxygens (including phenoxy) is 1. The molecule has 1 aromatic heterocycles. The zero-order valence-electron chi connectivity index (χ0n) is 16.4. The van der Waals surface area contributed by atoms with Crippen LogP contribution >= 0.6 is 0 Å². The van der Waals surface area contributed by atoms with Crippen molar-refractivity contribution in [3.8, 4) is 0 Å². The number of hydrogen-bond acceptors (Lipinski definition) is 7. The molecular weight excluding hydrogens is 398 g/mol. The lowest BCUT2D eigenvalue weighted by Crippen LogP contribution is -2.45. The van der Waals surface area contributed by atoms with Gasteiger partial charge in [0.2, 0.25) is 10.0 Å². The van der Waals surface area contributed by atoms with Crippen molar-refractivity contribution >= 4 is 21.7 Å². The maximum absolute atomic E-state index is 13.4. The van der Waals surface area contributed by atoms with Gasteiger partial charge in [-0.1, -0.05) is 19.9 Å². The Morgan fingerprint density at radius 3 is 2.38 bits per heavy atom. The van der Waals surface area contributed by atoms with Gasteiger partial charge in [-0.2, -0.15) is 4.31 Å². The van der Waals surface area contributed by atoms with E-state index in [0.717, 1.165) is 28.6 Å². The quantitative estimate of drug-likeness (QED) is 0.347. The van der Waals surface area contributed by atoms with Crippen LogP contribution in [0.15, 0.2) is 53.7 Å². The van der Waals surface area contributed by atoms with Gasteiger partial charge in [0.15, 0.2) is 0 Å². The molecule has 0 aliphatic carbocycles. The Hall–Kier alpha value is -2.85. The molecule has 0 aliphatic heterocycles. The molecule has 1 unspecified atom stereocenters. The fourth-order valence-corrected chi connectivity index (χ4v) is 4.40. The lowest BCUT2D eigenvalue weighted by Gasteiger charge is -2.30. The first-order valence-electron chi connectivity index (χ1n) is 8.89. The molecule has 0 aliphatic rings. The number of esters is 1. The number of carbonyl (C=O) groups is 1. The van der Waals surface area contributed by atoms with Gasteiger partial charge >= 0.3 is 5.97 Å². The second-order valence-electron chi connectivity index (χ2n) is 6.83. The summed E-state index contributed by atoms with van der Waals surface area (Å²) in [5.41, 5.74) is 0.366. The van der Waals surface area contributed by atoms with E-state index in [2.05, 4.69) is 4.98 Å². The maximum atomic E-state index is 13.4. The summed E-state index contributed by atoms with van der Waals surface area (Å²) in [5.74, 6) is -0.657. The normalized spacial score (nSPS) is 12.7. The van der Waals surface area contributed by atoms with Crippen LogP contribution in [-0.2, 0) is 26.1 Å². The summed E-state index contributed by atoms with van der Waals surface area (Å²) in [5, 5.41) is 10.9. The molecule has 1 atom stereocenters. The summed E-state index contributed by atoms with van der Waals surface area (Å²) < 4.78 is 32.7. The van der Waals surface area contributed by atoms with Crippen LogP contribution in [0.5, 0.6) is 0 Å². The van der Waals surface area contributed by atoms with Crippen molar-refractivity contribution in [3.63, 3.8) is 0 Å². The van der Waals surface area contributed by atoms with Crippen molar-refractivity contribution in [3.05, 3.63) is 64.5 Å². The molecule has 0 N–H and O–H groups in total. The summed E-state index contributed by atoms with van der Waals surface area (Å²) in [6, 6.07) is 6.87. The average Bonchev–Trinajstić information content (AvgIpc) is 2.70. The van der Waals surface area contributed by atoms with E-state index in [9.17, 15) is 23.3 Å². The SMILES string of the molecule is COC(=O)C(CC(C)C)N(Cc1cccnc1)S(=O)(=O)c1ccc([N+](=O)[O-])cc1. The summed E-state index contributed by atoms with van der Waals surface area (Å²) in [6.45, 7) is 3.65. The van der Waals surface area contributed by atoms with E-state index >= 15 is 0 Å². The number of non-ortho nitro benzene ring substituents is 1. The van der Waals surface area contributed by atoms with Crippen molar-refractivity contribution < 1.29 is 22.9 Å². The minimum absolute atomic E-state index is 0.0163. The molecule has 1 heterocycles. The molecule has 0 fully saturated rings. The molecule has 0 saturated heterocycles. The molecule has 156 valence electrons. The van der Waals surface area contributed by atoms with E-state index in [1.807, 2.05) is 13.8 Å². The van der Waals surface area contributed by atoms with Gasteiger partial charge < -0.3 is 4.74 Å². The lowest BCUT2D eigenvalue weighted by atomic mass is 10.0. The van der Waals surface area contributed by atoms with Crippen LogP contribution in [0.2, 0.25) is 0 Å². The smallest absolute Gasteiger partial charge is 0.324 e. The van der Waals surface area contributed by atoms with E-state index in [4.69, 9.17) is 4.74 Å². The molecule has 29 heavy (non-hydrogen) atoms. The molecule has 2 aromatic rings. The molecule has 0 spiro atoms. The summed E-state index contributed by atoms with van der Waals surface area (Å²) >= 11 is 0. The molecule has 0 amide bonds. The maximum Gasteiger partial charge on any atom is 0.324 e. The van der Waals surface area contributed by atoms with Crippen LogP contribution in [-0.4, -0.2) is 41.8 Å². The van der Waals surface area contributed by atoms with Crippen LogP contribution in [0.25, 0.3) is 0 Å². The zero-order chi connectivity index (χ0) is 21.6. The fraction of sp³-hybridized carbons (Fsp3) is 0.368. The Labute approximate surface area is 169 Å². The van der Waals surface area contributed by atoms with Gasteiger partial charge in [0.1, 0.15) is 6.04 Å². The van der Waals surface area contributed by atoms with Crippen molar-refractivity contribution in [1.29, 1.82) is 0 Å². The van der Waals surface area contributed by atoms with Gasteiger partial charge in [-0.25, -0.2) is 8.42 Å². The number of carbonyl (C=O) groups excluding carboxylic acids is 1. The predicted octanol–water partition coefficient (Wildman–Crippen LogP) is 2.77. The minimum Gasteiger partial charge on any atom is -0.468 e. The first kappa shape index (κ1) is 22.4. The van der Waals surface area contributed by atoms with E-state index in [1.54, 1.807) is 18.3 Å². The lowest BCUT2D eigenvalue weighted by molar-refractivity contribution is -0.384. The molecule has 0 bridgehead atoms. The number of methoxy groups -OCH3 is 1. The molecule has 0 saturated carbocycles. The van der Waals surface area contributed by atoms with Crippen LogP contribution in [0.4, 0.5) is 5.69 Å². The van der Waals surface area contributed by atoms with E-state index in [1.165, 1.54) is 13.3 Å². The second kappa shape index (κ2) is 9.57. The zero-order valence-corrected chi connectivity index (χ0v) is 17.2. The molecule has 1 aromatic carbocycles. The van der Waals surface area contributed by atoms with Crippen LogP contribution in [0.1, 0.15) is 25.8 Å². The van der Waals surface area contributed by atoms with Gasteiger partial charge in [0.05, 0.1) is 16.9 Å². The van der Waals surface area contributed by atoms with Crippen LogP contribution in [0, 0.1) is 16.0 Å². The van der Waals surface area contributed by atoms with Gasteiger partial charge in [-0.15, -0.1) is 0 Å². The largest absolute Gasteiger partial charge is 0.468 e. The number of aromatic nitrogens is 1. The molecule has 2 rings (SSSR count). The minimum atomic E-state index is -4.16. The van der Waals surface area contributed by atoms with Gasteiger partial charge in [0.25, 0.3) is 5.69 Å². The third-order valence-corrected chi connectivity index (χ3v) is 6.10. The van der Waals surface area contributed by atoms with E-state index in [0.29, 0.717) is 5.56 Å². The van der Waals surface area contributed by atoms with Crippen molar-refractivity contribution in [2.45, 2.75) is 37.8 Å². The number of nitro benzene ring substituents is 1. The number of nitrogens with zero attached hydrogens (tertiary/aromatic N) is 3. The highest BCUT2D eigenvalue weighted by Crippen LogP contribution is 2.26. The Kier molecular flexibility index (Phi) is 7.40. The van der Waals surface area contributed by atoms with Gasteiger partial charge in [0, 0.05) is 31.1 Å². The number of benzene rings is 1. The number of nitro groups is 1. The van der Waals surface area contributed by atoms with Gasteiger partial charge in [-0.05, 0) is 36.1 Å². The Morgan fingerprint density at radius 1 is 1.24 bits per heavy atom. The predicted molar refractivity (Wildman–Crippen MR) is 105 cm³/mol. The Balaban J connectivity index is 2.54. The highest BCUT2D eigenvalue weighted by atomic mass is 32.2. The first-order chi connectivity index (χ1) is 13.7. The first-order valence-corrected chi connectivity index (χ1v) is 10.3. The van der Waals surface area contributed by atoms with Crippen molar-refractivity contribution in [1.82, 2.24) is 9.29 Å². The second-order valence-corrected chi connectivity index (χ2v) is 8.72. The molecule has 0 radical (unpaired) electrons. The summed E-state index contributed by atoms with van der Waals surface area (Å²) in [4.78, 5) is 26.6. The number of hydrogen-bond donors (Lipinski definition) is 0. The fourth-order valence-electron chi connectivity index (χ4n) is 2.82. The van der Waals surface area contributed by atoms with E-state index in [-0.39, 0.29) is 29.5 Å². The third-order valence-electron chi connectivity index (χ3n) is 4.23. The van der Waals surface area contributed by atoms with E-state index < -0.39 is 27.0 Å². The molecule has 9 nitrogen and oxygen atoms in total. The van der Waals surface area contributed by atoms with Crippen LogP contribution in [0.3, 0.4) is 0 Å². The van der Waals surface area contributed by atoms with Gasteiger partial charge in [-0.3, -0.25) is 19.9 Å². The molecule has 10 heteroatoms. The average molecular weight is 421 g/mol. The molecular formula is C19H23N3O6S.